The Morgan fingerprint density at radius 3 is 2.38 bits per heavy atom. The van der Waals surface area contributed by atoms with Crippen molar-refractivity contribution in [2.24, 2.45) is 5.14 Å². The minimum atomic E-state index is -1.84. The van der Waals surface area contributed by atoms with Crippen LogP contribution < -0.4 is 15.8 Å². The van der Waals surface area contributed by atoms with Gasteiger partial charge in [-0.2, -0.15) is 0 Å². The van der Waals surface area contributed by atoms with Crippen LogP contribution in [0.5, 0.6) is 0 Å². The number of hydrogen-bond acceptors (Lipinski definition) is 5. The Morgan fingerprint density at radius 2 is 1.74 bits per heavy atom. The average molecular weight is 513 g/mol. The Bertz CT molecular complexity index is 1420. The van der Waals surface area contributed by atoms with E-state index in [0.717, 1.165) is 16.7 Å². The van der Waals surface area contributed by atoms with Crippen LogP contribution in [0, 0.1) is 0 Å². The highest BCUT2D eigenvalue weighted by Gasteiger charge is 2.41. The van der Waals surface area contributed by atoms with Gasteiger partial charge < -0.3 is 5.73 Å². The summed E-state index contributed by atoms with van der Waals surface area (Å²) in [6.07, 6.45) is 3.39. The first-order valence-electron chi connectivity index (χ1n) is 10.2. The van der Waals surface area contributed by atoms with Crippen LogP contribution in [0.3, 0.4) is 0 Å². The molecule has 4 aromatic rings. The van der Waals surface area contributed by atoms with Gasteiger partial charge in [0.2, 0.25) is 5.95 Å². The molecule has 1 aliphatic heterocycles. The number of nitrogen functional groups attached to an aromatic ring is 1. The molecule has 1 amide bonds. The maximum Gasteiger partial charge on any atom is 0.257 e. The molecule has 8 nitrogen and oxygen atoms in total. The Hall–Kier alpha value is -3.24. The number of rotatable bonds is 5. The number of benzene rings is 2. The van der Waals surface area contributed by atoms with Crippen LogP contribution in [-0.4, -0.2) is 24.7 Å². The summed E-state index contributed by atoms with van der Waals surface area (Å²) in [6, 6.07) is 15.5. The van der Waals surface area contributed by atoms with Gasteiger partial charge in [-0.3, -0.25) is 9.36 Å². The number of carbonyl (C=O) groups is 1. The first-order chi connectivity index (χ1) is 16.3. The highest BCUT2D eigenvalue weighted by Crippen LogP contribution is 2.40. The maximum absolute atomic E-state index is 13.6. The number of pyridine rings is 1. The van der Waals surface area contributed by atoms with Crippen LogP contribution in [0.4, 0.5) is 17.5 Å². The molecule has 0 bridgehead atoms. The number of hydrogen-bond donors (Lipinski definition) is 2. The molecule has 0 saturated heterocycles. The van der Waals surface area contributed by atoms with E-state index in [1.165, 1.54) is 11.1 Å². The van der Waals surface area contributed by atoms with Crippen molar-refractivity contribution in [3.63, 3.8) is 0 Å². The zero-order valence-electron chi connectivity index (χ0n) is 17.6. The standard InChI is InChI=1S/C23H18Cl2N6O2S/c24-15-9-16(25)11-17(10-15)30-22(32)19(31-20(34(27)33)12-29-23(30)31)8-13-3-5-14(6-4-13)18-2-1-7-28-21(18)26/h1-7,9-12,19H,8,27H2,(H2,26,28). The normalized spacial score (nSPS) is 16.0. The number of halogens is 2. The minimum absolute atomic E-state index is 0.253. The van der Waals surface area contributed by atoms with Crippen molar-refractivity contribution in [3.8, 4) is 11.1 Å². The molecule has 2 unspecified atom stereocenters. The SMILES string of the molecule is Nc1ncccc1-c1ccc(CC2C(=O)N(c3cc(Cl)cc(Cl)c3)c3ncc(S(N)=O)n32)cc1. The second kappa shape index (κ2) is 8.84. The third-order valence-electron chi connectivity index (χ3n) is 5.60. The molecule has 0 fully saturated rings. The Kier molecular flexibility index (Phi) is 5.86. The zero-order valence-corrected chi connectivity index (χ0v) is 19.9. The number of carbonyl (C=O) groups excluding carboxylic acids is 1. The fraction of sp³-hybridized carbons (Fsp3) is 0.0870. The fourth-order valence-electron chi connectivity index (χ4n) is 4.10. The summed E-state index contributed by atoms with van der Waals surface area (Å²) in [4.78, 5) is 23.4. The Labute approximate surface area is 207 Å². The van der Waals surface area contributed by atoms with Crippen molar-refractivity contribution in [2.75, 3.05) is 10.6 Å². The molecule has 2 aromatic heterocycles. The van der Waals surface area contributed by atoms with Crippen LogP contribution in [0.15, 0.2) is 72.0 Å². The molecule has 0 radical (unpaired) electrons. The molecule has 11 heteroatoms. The summed E-state index contributed by atoms with van der Waals surface area (Å²) in [5, 5.41) is 6.70. The molecule has 4 N–H and O–H groups in total. The third kappa shape index (κ3) is 3.97. The van der Waals surface area contributed by atoms with E-state index in [4.69, 9.17) is 34.1 Å². The lowest BCUT2D eigenvalue weighted by Crippen LogP contribution is -2.27. The lowest BCUT2D eigenvalue weighted by Gasteiger charge is -2.17. The highest BCUT2D eigenvalue weighted by molar-refractivity contribution is 7.82. The molecule has 0 saturated carbocycles. The molecule has 5 rings (SSSR count). The van der Waals surface area contributed by atoms with Gasteiger partial charge in [0.15, 0.2) is 0 Å². The van der Waals surface area contributed by atoms with Crippen molar-refractivity contribution in [1.82, 2.24) is 14.5 Å². The molecule has 2 atom stereocenters. The molecule has 34 heavy (non-hydrogen) atoms. The van der Waals surface area contributed by atoms with Gasteiger partial charge in [-0.05, 0) is 41.5 Å². The van der Waals surface area contributed by atoms with E-state index in [0.29, 0.717) is 33.9 Å². The monoisotopic (exact) mass is 512 g/mol. The quantitative estimate of drug-likeness (QED) is 0.413. The van der Waals surface area contributed by atoms with Gasteiger partial charge in [0.1, 0.15) is 27.9 Å². The van der Waals surface area contributed by atoms with E-state index in [2.05, 4.69) is 9.97 Å². The number of fused-ring (bicyclic) bond motifs is 1. The first-order valence-corrected chi connectivity index (χ1v) is 12.1. The zero-order chi connectivity index (χ0) is 24.0. The average Bonchev–Trinajstić information content (AvgIpc) is 3.32. The first kappa shape index (κ1) is 22.5. The molecule has 3 heterocycles. The van der Waals surface area contributed by atoms with E-state index in [9.17, 15) is 9.00 Å². The fourth-order valence-corrected chi connectivity index (χ4v) is 5.17. The van der Waals surface area contributed by atoms with Crippen LogP contribution in [0.2, 0.25) is 10.0 Å². The second-order valence-electron chi connectivity index (χ2n) is 7.72. The number of amides is 1. The largest absolute Gasteiger partial charge is 0.383 e. The van der Waals surface area contributed by atoms with Gasteiger partial charge in [0.25, 0.3) is 5.91 Å². The van der Waals surface area contributed by atoms with Gasteiger partial charge in [-0.15, -0.1) is 0 Å². The molecule has 0 spiro atoms. The van der Waals surface area contributed by atoms with E-state index < -0.39 is 17.0 Å². The lowest BCUT2D eigenvalue weighted by molar-refractivity contribution is -0.119. The van der Waals surface area contributed by atoms with E-state index >= 15 is 0 Å². The minimum Gasteiger partial charge on any atom is -0.383 e. The second-order valence-corrected chi connectivity index (χ2v) is 9.60. The summed E-state index contributed by atoms with van der Waals surface area (Å²) in [5.74, 6) is 0.491. The van der Waals surface area contributed by atoms with Crippen molar-refractivity contribution in [3.05, 3.63) is 82.6 Å². The van der Waals surface area contributed by atoms with Crippen molar-refractivity contribution >= 4 is 57.5 Å². The summed E-state index contributed by atoms with van der Waals surface area (Å²) in [6.45, 7) is 0. The van der Waals surface area contributed by atoms with E-state index in [1.807, 2.05) is 36.4 Å². The molecule has 172 valence electrons. The summed E-state index contributed by atoms with van der Waals surface area (Å²) in [5.41, 5.74) is 9.08. The Morgan fingerprint density at radius 1 is 1.03 bits per heavy atom. The van der Waals surface area contributed by atoms with Gasteiger partial charge >= 0.3 is 0 Å². The van der Waals surface area contributed by atoms with E-state index in [1.54, 1.807) is 29.0 Å². The van der Waals surface area contributed by atoms with Crippen LogP contribution in [-0.2, 0) is 22.2 Å². The van der Waals surface area contributed by atoms with Gasteiger partial charge in [0, 0.05) is 28.2 Å². The topological polar surface area (TPSA) is 120 Å². The van der Waals surface area contributed by atoms with Crippen LogP contribution in [0.1, 0.15) is 11.6 Å². The predicted molar refractivity (Wildman–Crippen MR) is 133 cm³/mol. The van der Waals surface area contributed by atoms with Crippen molar-refractivity contribution in [1.29, 1.82) is 0 Å². The molecule has 2 aromatic carbocycles. The summed E-state index contributed by atoms with van der Waals surface area (Å²) in [7, 11) is -1.84. The van der Waals surface area contributed by atoms with Gasteiger partial charge in [-0.1, -0.05) is 47.5 Å². The van der Waals surface area contributed by atoms with E-state index in [-0.39, 0.29) is 10.9 Å². The van der Waals surface area contributed by atoms with Crippen molar-refractivity contribution in [2.45, 2.75) is 17.5 Å². The number of nitrogens with zero attached hydrogens (tertiary/aromatic N) is 4. The number of anilines is 3. The lowest BCUT2D eigenvalue weighted by atomic mass is 10.0. The Balaban J connectivity index is 1.52. The predicted octanol–water partition coefficient (Wildman–Crippen LogP) is 4.28. The molecular weight excluding hydrogens is 495 g/mol. The third-order valence-corrected chi connectivity index (χ3v) is 6.76. The highest BCUT2D eigenvalue weighted by atomic mass is 35.5. The maximum atomic E-state index is 13.6. The van der Waals surface area contributed by atoms with Crippen LogP contribution in [0.25, 0.3) is 11.1 Å². The van der Waals surface area contributed by atoms with Gasteiger partial charge in [0.05, 0.1) is 11.9 Å². The summed E-state index contributed by atoms with van der Waals surface area (Å²) >= 11 is 12.3. The summed E-state index contributed by atoms with van der Waals surface area (Å²) < 4.78 is 13.8. The molecule has 1 aliphatic rings. The molecular formula is C23H18Cl2N6O2S. The molecule has 0 aliphatic carbocycles. The van der Waals surface area contributed by atoms with Crippen LogP contribution >= 0.6 is 23.2 Å². The number of aromatic nitrogens is 3. The number of imidazole rings is 1. The van der Waals surface area contributed by atoms with Gasteiger partial charge in [-0.25, -0.2) is 24.2 Å². The van der Waals surface area contributed by atoms with Crippen molar-refractivity contribution < 1.29 is 9.00 Å². The smallest absolute Gasteiger partial charge is 0.257 e. The number of nitrogens with two attached hydrogens (primary N) is 2.